The molecule has 2 aromatic carbocycles. The van der Waals surface area contributed by atoms with Crippen LogP contribution in [-0.4, -0.2) is 13.5 Å². The number of thiocarbonyl (C=S) groups is 1. The van der Waals surface area contributed by atoms with Gasteiger partial charge in [-0.1, -0.05) is 30.3 Å². The van der Waals surface area contributed by atoms with Gasteiger partial charge in [-0.2, -0.15) is 0 Å². The molecule has 0 bridgehead atoms. The lowest BCUT2D eigenvalue weighted by Crippen LogP contribution is -2.31. The number of nitrogens with two attached hydrogens (primary N) is 1. The third-order valence-corrected chi connectivity index (χ3v) is 4.60. The van der Waals surface area contributed by atoms with Crippen molar-refractivity contribution < 1.29 is 8.42 Å². The first-order valence-electron chi connectivity index (χ1n) is 7.03. The molecule has 0 heterocycles. The van der Waals surface area contributed by atoms with E-state index in [4.69, 9.17) is 17.4 Å². The maximum Gasteiger partial charge on any atom is 0.238 e. The number of nitrogens with one attached hydrogen (secondary N) is 2. The van der Waals surface area contributed by atoms with E-state index in [0.717, 1.165) is 16.8 Å². The lowest BCUT2D eigenvalue weighted by molar-refractivity contribution is 0.597. The molecule has 0 amide bonds. The summed E-state index contributed by atoms with van der Waals surface area (Å²) >= 11 is 5.32. The molecule has 4 N–H and O–H groups in total. The molecule has 0 radical (unpaired) electrons. The molecule has 2 rings (SSSR count). The molecule has 0 saturated heterocycles. The largest absolute Gasteiger partial charge is 0.356 e. The quantitative estimate of drug-likeness (QED) is 0.739. The van der Waals surface area contributed by atoms with Gasteiger partial charge in [0, 0.05) is 5.69 Å². The van der Waals surface area contributed by atoms with Crippen molar-refractivity contribution in [2.45, 2.75) is 24.8 Å². The average molecular weight is 349 g/mol. The highest BCUT2D eigenvalue weighted by molar-refractivity contribution is 7.89. The molecule has 122 valence electrons. The zero-order chi connectivity index (χ0) is 17.0. The highest BCUT2D eigenvalue weighted by Gasteiger charge is 2.11. The Hall–Kier alpha value is -1.96. The van der Waals surface area contributed by atoms with Gasteiger partial charge in [-0.05, 0) is 55.4 Å². The summed E-state index contributed by atoms with van der Waals surface area (Å²) in [5, 5.41) is 11.9. The van der Waals surface area contributed by atoms with Gasteiger partial charge in [0.1, 0.15) is 0 Å². The summed E-state index contributed by atoms with van der Waals surface area (Å²) < 4.78 is 22.5. The molecule has 1 atom stereocenters. The first-order chi connectivity index (χ1) is 10.8. The molecule has 5 nitrogen and oxygen atoms in total. The first kappa shape index (κ1) is 17.4. The number of aryl methyl sites for hydroxylation is 1. The van der Waals surface area contributed by atoms with Gasteiger partial charge in [0.2, 0.25) is 10.0 Å². The molecule has 7 heteroatoms. The molecule has 2 aromatic rings. The summed E-state index contributed by atoms with van der Waals surface area (Å²) in [7, 11) is -3.67. The molecule has 0 fully saturated rings. The Morgan fingerprint density at radius 1 is 1.13 bits per heavy atom. The lowest BCUT2D eigenvalue weighted by Gasteiger charge is -2.18. The highest BCUT2D eigenvalue weighted by atomic mass is 32.2. The van der Waals surface area contributed by atoms with Crippen molar-refractivity contribution in [3.8, 4) is 0 Å². The Bertz CT molecular complexity index is 802. The summed E-state index contributed by atoms with van der Waals surface area (Å²) in [6.07, 6.45) is 0. The van der Waals surface area contributed by atoms with E-state index < -0.39 is 10.0 Å². The molecular formula is C16H19N3O2S2. The maximum absolute atomic E-state index is 11.3. The van der Waals surface area contributed by atoms with E-state index in [-0.39, 0.29) is 10.9 Å². The van der Waals surface area contributed by atoms with Crippen LogP contribution in [0.1, 0.15) is 24.1 Å². The van der Waals surface area contributed by atoms with Gasteiger partial charge in [0.15, 0.2) is 5.11 Å². The fourth-order valence-electron chi connectivity index (χ4n) is 2.10. The smallest absolute Gasteiger partial charge is 0.238 e. The van der Waals surface area contributed by atoms with Crippen LogP contribution in [0, 0.1) is 6.92 Å². The van der Waals surface area contributed by atoms with Crippen molar-refractivity contribution in [1.82, 2.24) is 5.32 Å². The van der Waals surface area contributed by atoms with Gasteiger partial charge >= 0.3 is 0 Å². The molecular weight excluding hydrogens is 330 g/mol. The second kappa shape index (κ2) is 7.08. The van der Waals surface area contributed by atoms with Gasteiger partial charge in [-0.3, -0.25) is 0 Å². The lowest BCUT2D eigenvalue weighted by atomic mass is 10.1. The summed E-state index contributed by atoms with van der Waals surface area (Å²) in [6, 6.07) is 14.2. The van der Waals surface area contributed by atoms with E-state index in [1.54, 1.807) is 12.1 Å². The molecule has 0 aliphatic rings. The van der Waals surface area contributed by atoms with Crippen molar-refractivity contribution in [3.05, 3.63) is 59.7 Å². The third kappa shape index (κ3) is 4.75. The summed E-state index contributed by atoms with van der Waals surface area (Å²) in [5.74, 6) is 0. The van der Waals surface area contributed by atoms with E-state index in [2.05, 4.69) is 10.6 Å². The van der Waals surface area contributed by atoms with Crippen LogP contribution in [0.25, 0.3) is 0 Å². The van der Waals surface area contributed by atoms with Crippen LogP contribution in [0.4, 0.5) is 5.69 Å². The third-order valence-electron chi connectivity index (χ3n) is 3.45. The fraction of sp³-hybridized carbons (Fsp3) is 0.188. The van der Waals surface area contributed by atoms with Crippen LogP contribution in [0.15, 0.2) is 53.4 Å². The van der Waals surface area contributed by atoms with Gasteiger partial charge < -0.3 is 10.6 Å². The first-order valence-corrected chi connectivity index (χ1v) is 8.99. The zero-order valence-electron chi connectivity index (χ0n) is 12.9. The molecule has 0 aliphatic heterocycles. The minimum atomic E-state index is -3.67. The molecule has 0 saturated carbocycles. The van der Waals surface area contributed by atoms with Gasteiger partial charge in [0.05, 0.1) is 10.9 Å². The van der Waals surface area contributed by atoms with E-state index in [1.165, 1.54) is 12.1 Å². The number of hydrogen-bond donors (Lipinski definition) is 3. The summed E-state index contributed by atoms with van der Waals surface area (Å²) in [5.41, 5.74) is 2.95. The second-order valence-corrected chi connectivity index (χ2v) is 7.22. The number of primary sulfonamides is 1. The molecule has 0 aliphatic carbocycles. The Morgan fingerprint density at radius 2 is 1.74 bits per heavy atom. The van der Waals surface area contributed by atoms with E-state index in [9.17, 15) is 8.42 Å². The Balaban J connectivity index is 2.02. The minimum Gasteiger partial charge on any atom is -0.356 e. The minimum absolute atomic E-state index is 0.0754. The molecule has 0 spiro atoms. The Labute approximate surface area is 142 Å². The summed E-state index contributed by atoms with van der Waals surface area (Å²) in [6.45, 7) is 3.94. The van der Waals surface area contributed by atoms with E-state index in [0.29, 0.717) is 5.11 Å². The average Bonchev–Trinajstić information content (AvgIpc) is 2.49. The zero-order valence-corrected chi connectivity index (χ0v) is 14.5. The molecule has 0 unspecified atom stereocenters. The van der Waals surface area contributed by atoms with Crippen molar-refractivity contribution in [1.29, 1.82) is 0 Å². The predicted molar refractivity (Wildman–Crippen MR) is 96.8 cm³/mol. The second-order valence-electron chi connectivity index (χ2n) is 5.25. The topological polar surface area (TPSA) is 84.2 Å². The van der Waals surface area contributed by atoms with Crippen LogP contribution < -0.4 is 15.8 Å². The van der Waals surface area contributed by atoms with Crippen molar-refractivity contribution in [3.63, 3.8) is 0 Å². The number of sulfonamides is 1. The van der Waals surface area contributed by atoms with Crippen molar-refractivity contribution in [2.24, 2.45) is 5.14 Å². The number of para-hydroxylation sites is 1. The predicted octanol–water partition coefficient (Wildman–Crippen LogP) is 2.69. The van der Waals surface area contributed by atoms with Crippen LogP contribution in [0.5, 0.6) is 0 Å². The normalized spacial score (nSPS) is 12.5. The van der Waals surface area contributed by atoms with Crippen LogP contribution in [-0.2, 0) is 10.0 Å². The highest BCUT2D eigenvalue weighted by Crippen LogP contribution is 2.17. The summed E-state index contributed by atoms with van der Waals surface area (Å²) in [4.78, 5) is 0.0917. The Morgan fingerprint density at radius 3 is 2.30 bits per heavy atom. The number of anilines is 1. The SMILES string of the molecule is Cc1ccccc1NC(=S)N[C@H](C)c1ccc(S(N)(=O)=O)cc1. The monoisotopic (exact) mass is 349 g/mol. The standard InChI is InChI=1S/C16H19N3O2S2/c1-11-5-3-4-6-15(11)19-16(22)18-12(2)13-7-9-14(10-8-13)23(17,20)21/h3-10,12H,1-2H3,(H2,17,20,21)(H2,18,19,22)/t12-/m1/s1. The van der Waals surface area contributed by atoms with Gasteiger partial charge in [-0.25, -0.2) is 13.6 Å². The van der Waals surface area contributed by atoms with Crippen LogP contribution in [0.3, 0.4) is 0 Å². The number of rotatable bonds is 4. The molecule has 23 heavy (non-hydrogen) atoms. The van der Waals surface area contributed by atoms with Crippen LogP contribution >= 0.6 is 12.2 Å². The number of hydrogen-bond acceptors (Lipinski definition) is 3. The van der Waals surface area contributed by atoms with Crippen LogP contribution in [0.2, 0.25) is 0 Å². The maximum atomic E-state index is 11.3. The van der Waals surface area contributed by atoms with Crippen molar-refractivity contribution >= 4 is 33.0 Å². The molecule has 0 aromatic heterocycles. The van der Waals surface area contributed by atoms with Gasteiger partial charge in [-0.15, -0.1) is 0 Å². The fourth-order valence-corrected chi connectivity index (χ4v) is 2.90. The number of benzene rings is 2. The van der Waals surface area contributed by atoms with Crippen molar-refractivity contribution in [2.75, 3.05) is 5.32 Å². The van der Waals surface area contributed by atoms with E-state index in [1.807, 2.05) is 38.1 Å². The van der Waals surface area contributed by atoms with Gasteiger partial charge in [0.25, 0.3) is 0 Å². The van der Waals surface area contributed by atoms with E-state index >= 15 is 0 Å². The Kier molecular flexibility index (Phi) is 5.35.